The summed E-state index contributed by atoms with van der Waals surface area (Å²) in [6, 6.07) is 7.69. The number of aryl methyl sites for hydroxylation is 1. The van der Waals surface area contributed by atoms with Crippen LogP contribution in [0.4, 0.5) is 5.13 Å². The number of hydrogen-bond donors (Lipinski definition) is 1. The van der Waals surface area contributed by atoms with Gasteiger partial charge in [0.15, 0.2) is 15.0 Å². The first-order valence-electron chi connectivity index (χ1n) is 6.47. The van der Waals surface area contributed by atoms with Crippen LogP contribution in [-0.4, -0.2) is 38.1 Å². The number of benzene rings is 1. The van der Waals surface area contributed by atoms with Crippen molar-refractivity contribution >= 4 is 38.2 Å². The van der Waals surface area contributed by atoms with Crippen molar-refractivity contribution in [1.82, 2.24) is 4.98 Å². The molecule has 7 nitrogen and oxygen atoms in total. The molecular weight excluding hydrogens is 340 g/mol. The highest BCUT2D eigenvalue weighted by molar-refractivity contribution is 7.92. The fourth-order valence-electron chi connectivity index (χ4n) is 1.77. The van der Waals surface area contributed by atoms with Crippen molar-refractivity contribution in [2.45, 2.75) is 11.8 Å². The number of anilines is 1. The van der Waals surface area contributed by atoms with E-state index in [1.807, 2.05) is 0 Å². The van der Waals surface area contributed by atoms with Crippen molar-refractivity contribution in [2.75, 3.05) is 18.2 Å². The van der Waals surface area contributed by atoms with E-state index in [9.17, 15) is 18.0 Å². The van der Waals surface area contributed by atoms with E-state index < -0.39 is 27.5 Å². The molecule has 0 saturated heterocycles. The van der Waals surface area contributed by atoms with Crippen LogP contribution in [0.25, 0.3) is 0 Å². The lowest BCUT2D eigenvalue weighted by atomic mass is 10.4. The minimum Gasteiger partial charge on any atom is -0.465 e. The molecule has 1 aromatic heterocycles. The van der Waals surface area contributed by atoms with Crippen LogP contribution in [-0.2, 0) is 19.4 Å². The Morgan fingerprint density at radius 3 is 2.52 bits per heavy atom. The van der Waals surface area contributed by atoms with Crippen molar-refractivity contribution in [3.63, 3.8) is 0 Å². The van der Waals surface area contributed by atoms with Crippen molar-refractivity contribution < 1.29 is 22.7 Å². The quantitative estimate of drug-likeness (QED) is 0.819. The molecule has 0 aliphatic heterocycles. The molecule has 1 heterocycles. The Hall–Kier alpha value is -2.26. The zero-order chi connectivity index (χ0) is 17.0. The largest absolute Gasteiger partial charge is 0.465 e. The second-order valence-electron chi connectivity index (χ2n) is 4.55. The molecule has 122 valence electrons. The average molecular weight is 354 g/mol. The summed E-state index contributed by atoms with van der Waals surface area (Å²) >= 11 is 0.930. The van der Waals surface area contributed by atoms with Gasteiger partial charge < -0.3 is 10.1 Å². The van der Waals surface area contributed by atoms with Crippen molar-refractivity contribution in [2.24, 2.45) is 0 Å². The molecule has 0 aliphatic rings. The van der Waals surface area contributed by atoms with Crippen LogP contribution in [0.1, 0.15) is 15.4 Å². The Morgan fingerprint density at radius 1 is 1.26 bits per heavy atom. The third kappa shape index (κ3) is 4.14. The fraction of sp³-hybridized carbons (Fsp3) is 0.214. The Balaban J connectivity index is 2.10. The van der Waals surface area contributed by atoms with Crippen molar-refractivity contribution in [1.29, 1.82) is 0 Å². The summed E-state index contributed by atoms with van der Waals surface area (Å²) in [5.41, 5.74) is 0.406. The molecule has 0 bridgehead atoms. The highest BCUT2D eigenvalue weighted by Crippen LogP contribution is 2.23. The smallest absolute Gasteiger partial charge is 0.350 e. The normalized spacial score (nSPS) is 11.0. The number of aromatic nitrogens is 1. The molecule has 2 aromatic rings. The topological polar surface area (TPSA) is 102 Å². The molecule has 2 rings (SSSR count). The molecule has 0 unspecified atom stereocenters. The zero-order valence-corrected chi connectivity index (χ0v) is 14.0. The van der Waals surface area contributed by atoms with Crippen LogP contribution in [0.5, 0.6) is 0 Å². The lowest BCUT2D eigenvalue weighted by Crippen LogP contribution is -2.22. The van der Waals surface area contributed by atoms with Gasteiger partial charge in [-0.05, 0) is 19.1 Å². The van der Waals surface area contributed by atoms with E-state index in [4.69, 9.17) is 0 Å². The Labute approximate surface area is 137 Å². The number of carbonyl (C=O) groups excluding carboxylic acids is 2. The molecule has 0 fully saturated rings. The highest BCUT2D eigenvalue weighted by Gasteiger charge is 2.21. The maximum atomic E-state index is 12.1. The van der Waals surface area contributed by atoms with Gasteiger partial charge in [-0.25, -0.2) is 18.2 Å². The number of amides is 1. The first-order chi connectivity index (χ1) is 10.8. The number of ether oxygens (including phenoxy) is 1. The van der Waals surface area contributed by atoms with Gasteiger partial charge in [-0.1, -0.05) is 29.5 Å². The van der Waals surface area contributed by atoms with Gasteiger partial charge in [0.25, 0.3) is 0 Å². The summed E-state index contributed by atoms with van der Waals surface area (Å²) in [6.07, 6.45) is 0. The number of nitrogens with zero attached hydrogens (tertiary/aromatic N) is 1. The molecule has 1 amide bonds. The maximum Gasteiger partial charge on any atom is 0.350 e. The lowest BCUT2D eigenvalue weighted by Gasteiger charge is -2.04. The first kappa shape index (κ1) is 17.1. The minimum absolute atomic E-state index is 0.0701. The number of methoxy groups -OCH3 is 1. The molecule has 9 heteroatoms. The molecule has 0 radical (unpaired) electrons. The van der Waals surface area contributed by atoms with Gasteiger partial charge in [-0.15, -0.1) is 0 Å². The standard InChI is InChI=1S/C14H14N2O5S2/c1-9-12(13(18)21-2)22-14(15-9)16-11(17)8-23(19,20)10-6-4-3-5-7-10/h3-7H,8H2,1-2H3,(H,15,16,17). The number of carbonyl (C=O) groups is 2. The van der Waals surface area contributed by atoms with Gasteiger partial charge >= 0.3 is 5.97 Å². The molecule has 1 aromatic carbocycles. The number of nitrogens with one attached hydrogen (secondary N) is 1. The molecule has 0 spiro atoms. The molecule has 0 atom stereocenters. The number of sulfone groups is 1. The van der Waals surface area contributed by atoms with E-state index in [-0.39, 0.29) is 14.9 Å². The van der Waals surface area contributed by atoms with E-state index in [1.165, 1.54) is 19.2 Å². The predicted octanol–water partition coefficient (Wildman–Crippen LogP) is 1.65. The van der Waals surface area contributed by atoms with Crippen LogP contribution in [0, 0.1) is 6.92 Å². The SMILES string of the molecule is COC(=O)c1sc(NC(=O)CS(=O)(=O)c2ccccc2)nc1C. The van der Waals surface area contributed by atoms with E-state index in [2.05, 4.69) is 15.0 Å². The number of thiazole rings is 1. The second-order valence-corrected chi connectivity index (χ2v) is 7.53. The monoisotopic (exact) mass is 354 g/mol. The van der Waals surface area contributed by atoms with Crippen molar-refractivity contribution in [3.8, 4) is 0 Å². The van der Waals surface area contributed by atoms with Gasteiger partial charge in [-0.2, -0.15) is 0 Å². The summed E-state index contributed by atoms with van der Waals surface area (Å²) in [7, 11) is -2.49. The van der Waals surface area contributed by atoms with Crippen LogP contribution >= 0.6 is 11.3 Å². The van der Waals surface area contributed by atoms with Crippen LogP contribution in [0.15, 0.2) is 35.2 Å². The maximum absolute atomic E-state index is 12.1. The van der Waals surface area contributed by atoms with E-state index in [0.717, 1.165) is 11.3 Å². The van der Waals surface area contributed by atoms with Crippen LogP contribution < -0.4 is 5.32 Å². The Kier molecular flexibility index (Phi) is 5.12. The second kappa shape index (κ2) is 6.88. The van der Waals surface area contributed by atoms with Gasteiger partial charge in [0.2, 0.25) is 5.91 Å². The third-order valence-corrected chi connectivity index (χ3v) is 5.52. The number of rotatable bonds is 5. The van der Waals surface area contributed by atoms with E-state index in [0.29, 0.717) is 5.69 Å². The summed E-state index contributed by atoms with van der Waals surface area (Å²) < 4.78 is 28.8. The fourth-order valence-corrected chi connectivity index (χ4v) is 3.83. The van der Waals surface area contributed by atoms with Crippen LogP contribution in [0.3, 0.4) is 0 Å². The lowest BCUT2D eigenvalue weighted by molar-refractivity contribution is -0.113. The zero-order valence-electron chi connectivity index (χ0n) is 12.4. The molecule has 1 N–H and O–H groups in total. The molecular formula is C14H14N2O5S2. The Morgan fingerprint density at radius 2 is 1.91 bits per heavy atom. The summed E-state index contributed by atoms with van der Waals surface area (Å²) in [5, 5.41) is 2.54. The average Bonchev–Trinajstić information content (AvgIpc) is 2.87. The molecule has 0 saturated carbocycles. The third-order valence-electron chi connectivity index (χ3n) is 2.84. The summed E-state index contributed by atoms with van der Waals surface area (Å²) in [4.78, 5) is 27.7. The van der Waals surface area contributed by atoms with Crippen molar-refractivity contribution in [3.05, 3.63) is 40.9 Å². The molecule has 23 heavy (non-hydrogen) atoms. The first-order valence-corrected chi connectivity index (χ1v) is 8.94. The predicted molar refractivity (Wildman–Crippen MR) is 85.3 cm³/mol. The van der Waals surface area contributed by atoms with Crippen LogP contribution in [0.2, 0.25) is 0 Å². The number of esters is 1. The Bertz CT molecular complexity index is 828. The summed E-state index contributed by atoms with van der Waals surface area (Å²) in [6.45, 7) is 1.60. The summed E-state index contributed by atoms with van der Waals surface area (Å²) in [5.74, 6) is -1.99. The van der Waals surface area contributed by atoms with E-state index >= 15 is 0 Å². The van der Waals surface area contributed by atoms with Gasteiger partial charge in [0, 0.05) is 0 Å². The van der Waals surface area contributed by atoms with E-state index in [1.54, 1.807) is 25.1 Å². The van der Waals surface area contributed by atoms with Gasteiger partial charge in [0.1, 0.15) is 10.6 Å². The van der Waals surface area contributed by atoms with Gasteiger partial charge in [0.05, 0.1) is 17.7 Å². The molecule has 0 aliphatic carbocycles. The van der Waals surface area contributed by atoms with Gasteiger partial charge in [-0.3, -0.25) is 4.79 Å². The minimum atomic E-state index is -3.73. The highest BCUT2D eigenvalue weighted by atomic mass is 32.2. The number of hydrogen-bond acceptors (Lipinski definition) is 7.